The zero-order chi connectivity index (χ0) is 12.5. The maximum absolute atomic E-state index is 12.2. The molecule has 0 saturated carbocycles. The number of ether oxygens (including phenoxy) is 1. The van der Waals surface area contributed by atoms with Crippen molar-refractivity contribution in [2.45, 2.75) is 18.9 Å². The zero-order valence-corrected chi connectivity index (χ0v) is 10.3. The number of likely N-dealkylation sites (tertiary alicyclic amines) is 1. The van der Waals surface area contributed by atoms with Crippen LogP contribution >= 0.6 is 0 Å². The van der Waals surface area contributed by atoms with E-state index in [9.17, 15) is 9.59 Å². The van der Waals surface area contributed by atoms with E-state index in [0.29, 0.717) is 32.5 Å². The van der Waals surface area contributed by atoms with Crippen molar-refractivity contribution in [3.8, 4) is 0 Å². The van der Waals surface area contributed by atoms with Gasteiger partial charge in [0, 0.05) is 13.1 Å². The first-order chi connectivity index (χ1) is 8.77. The van der Waals surface area contributed by atoms with Crippen LogP contribution in [0, 0.1) is 11.8 Å². The normalized spacial score (nSPS) is 36.0. The molecule has 2 saturated heterocycles. The number of allylic oxidation sites excluding steroid dienone is 2. The van der Waals surface area contributed by atoms with Crippen LogP contribution in [0.1, 0.15) is 12.8 Å². The number of imide groups is 1. The number of carbonyl (C=O) groups is 2. The summed E-state index contributed by atoms with van der Waals surface area (Å²) in [7, 11) is 0. The number of rotatable bonds is 2. The smallest absolute Gasteiger partial charge is 0.233 e. The van der Waals surface area contributed by atoms with Crippen LogP contribution in [0.25, 0.3) is 0 Å². The van der Waals surface area contributed by atoms with Crippen molar-refractivity contribution in [2.75, 3.05) is 26.2 Å². The highest BCUT2D eigenvalue weighted by molar-refractivity contribution is 6.05. The van der Waals surface area contributed by atoms with E-state index in [4.69, 9.17) is 4.74 Å². The molecule has 0 aromatic rings. The van der Waals surface area contributed by atoms with Crippen LogP contribution in [0.4, 0.5) is 0 Å². The molecular formula is C13H18N2O3. The maximum Gasteiger partial charge on any atom is 0.233 e. The predicted octanol–water partition coefficient (Wildman–Crippen LogP) is -0.0740. The molecule has 3 aliphatic rings. The van der Waals surface area contributed by atoms with Gasteiger partial charge in [0.05, 0.1) is 31.1 Å². The lowest BCUT2D eigenvalue weighted by atomic mass is 9.85. The Morgan fingerprint density at radius 1 is 1.22 bits per heavy atom. The highest BCUT2D eigenvalue weighted by Gasteiger charge is 2.47. The average Bonchev–Trinajstić information content (AvgIpc) is 2.66. The van der Waals surface area contributed by atoms with Crippen LogP contribution < -0.4 is 5.32 Å². The second-order valence-corrected chi connectivity index (χ2v) is 5.14. The minimum Gasteiger partial charge on any atom is -0.374 e. The van der Waals surface area contributed by atoms with Gasteiger partial charge in [0.2, 0.25) is 11.8 Å². The molecule has 1 N–H and O–H groups in total. The zero-order valence-electron chi connectivity index (χ0n) is 10.3. The highest BCUT2D eigenvalue weighted by Crippen LogP contribution is 2.35. The number of morpholine rings is 1. The van der Waals surface area contributed by atoms with Crippen molar-refractivity contribution in [1.82, 2.24) is 10.2 Å². The summed E-state index contributed by atoms with van der Waals surface area (Å²) < 4.78 is 5.57. The fourth-order valence-electron chi connectivity index (χ4n) is 2.99. The molecule has 2 amide bonds. The first-order valence-corrected chi connectivity index (χ1v) is 6.60. The molecule has 3 rings (SSSR count). The molecule has 18 heavy (non-hydrogen) atoms. The SMILES string of the molecule is O=C1C2CC=CCC2C(=O)N1CC1CNCCO1. The van der Waals surface area contributed by atoms with Crippen LogP contribution in [-0.4, -0.2) is 49.1 Å². The molecule has 0 aromatic heterocycles. The molecule has 0 radical (unpaired) electrons. The molecule has 2 heterocycles. The molecule has 98 valence electrons. The van der Waals surface area contributed by atoms with Crippen molar-refractivity contribution in [3.05, 3.63) is 12.2 Å². The molecule has 3 atom stereocenters. The Morgan fingerprint density at radius 2 is 1.89 bits per heavy atom. The van der Waals surface area contributed by atoms with E-state index < -0.39 is 0 Å². The predicted molar refractivity (Wildman–Crippen MR) is 64.7 cm³/mol. The van der Waals surface area contributed by atoms with E-state index in [1.54, 1.807) is 0 Å². The van der Waals surface area contributed by atoms with Gasteiger partial charge in [-0.15, -0.1) is 0 Å². The van der Waals surface area contributed by atoms with Gasteiger partial charge in [-0.05, 0) is 12.8 Å². The third-order valence-corrected chi connectivity index (χ3v) is 3.99. The molecule has 2 aliphatic heterocycles. The number of hydrogen-bond acceptors (Lipinski definition) is 4. The Bertz CT molecular complexity index is 362. The Balaban J connectivity index is 1.69. The van der Waals surface area contributed by atoms with Crippen LogP contribution in [0.5, 0.6) is 0 Å². The van der Waals surface area contributed by atoms with Crippen LogP contribution in [0.15, 0.2) is 12.2 Å². The fourth-order valence-corrected chi connectivity index (χ4v) is 2.99. The van der Waals surface area contributed by atoms with Crippen molar-refractivity contribution in [1.29, 1.82) is 0 Å². The molecule has 1 aliphatic carbocycles. The van der Waals surface area contributed by atoms with Gasteiger partial charge in [0.25, 0.3) is 0 Å². The lowest BCUT2D eigenvalue weighted by Gasteiger charge is -2.27. The standard InChI is InChI=1S/C13H18N2O3/c16-12-10-3-1-2-4-11(10)13(17)15(12)8-9-7-14-5-6-18-9/h1-2,9-11,14H,3-8H2. The van der Waals surface area contributed by atoms with Crippen LogP contribution in [-0.2, 0) is 14.3 Å². The molecule has 5 heteroatoms. The Labute approximate surface area is 106 Å². The topological polar surface area (TPSA) is 58.6 Å². The van der Waals surface area contributed by atoms with Crippen molar-refractivity contribution in [3.63, 3.8) is 0 Å². The molecule has 3 unspecified atom stereocenters. The van der Waals surface area contributed by atoms with E-state index in [-0.39, 0.29) is 29.8 Å². The van der Waals surface area contributed by atoms with E-state index in [0.717, 1.165) is 6.54 Å². The van der Waals surface area contributed by atoms with Gasteiger partial charge in [0.15, 0.2) is 0 Å². The summed E-state index contributed by atoms with van der Waals surface area (Å²) in [5, 5.41) is 3.21. The van der Waals surface area contributed by atoms with Crippen LogP contribution in [0.2, 0.25) is 0 Å². The third-order valence-electron chi connectivity index (χ3n) is 3.99. The number of amides is 2. The largest absolute Gasteiger partial charge is 0.374 e. The Kier molecular flexibility index (Phi) is 3.18. The van der Waals surface area contributed by atoms with E-state index in [1.807, 2.05) is 12.2 Å². The minimum absolute atomic E-state index is 0.0106. The van der Waals surface area contributed by atoms with Gasteiger partial charge in [0.1, 0.15) is 0 Å². The third kappa shape index (κ3) is 1.97. The van der Waals surface area contributed by atoms with Gasteiger partial charge in [-0.1, -0.05) is 12.2 Å². The van der Waals surface area contributed by atoms with E-state index in [2.05, 4.69) is 5.32 Å². The lowest BCUT2D eigenvalue weighted by Crippen LogP contribution is -2.47. The van der Waals surface area contributed by atoms with Gasteiger partial charge < -0.3 is 10.1 Å². The number of fused-ring (bicyclic) bond motifs is 1. The molecule has 0 aromatic carbocycles. The number of nitrogens with zero attached hydrogens (tertiary/aromatic N) is 1. The van der Waals surface area contributed by atoms with E-state index >= 15 is 0 Å². The summed E-state index contributed by atoms with van der Waals surface area (Å²) in [6, 6.07) is 0. The van der Waals surface area contributed by atoms with Gasteiger partial charge >= 0.3 is 0 Å². The van der Waals surface area contributed by atoms with Crippen LogP contribution in [0.3, 0.4) is 0 Å². The van der Waals surface area contributed by atoms with E-state index in [1.165, 1.54) is 4.90 Å². The van der Waals surface area contributed by atoms with Gasteiger partial charge in [-0.3, -0.25) is 14.5 Å². The summed E-state index contributed by atoms with van der Waals surface area (Å²) in [5.74, 6) is -0.273. The molecule has 0 bridgehead atoms. The maximum atomic E-state index is 12.2. The minimum atomic E-state index is -0.126. The number of carbonyl (C=O) groups excluding carboxylic acids is 2. The van der Waals surface area contributed by atoms with Gasteiger partial charge in [-0.2, -0.15) is 0 Å². The first kappa shape index (κ1) is 11.9. The molecule has 2 fully saturated rings. The number of nitrogens with one attached hydrogen (secondary N) is 1. The summed E-state index contributed by atoms with van der Waals surface area (Å²) >= 11 is 0. The molecule has 5 nitrogen and oxygen atoms in total. The van der Waals surface area contributed by atoms with Crippen molar-refractivity contribution < 1.29 is 14.3 Å². The Morgan fingerprint density at radius 3 is 2.44 bits per heavy atom. The summed E-state index contributed by atoms with van der Waals surface area (Å²) in [5.41, 5.74) is 0. The highest BCUT2D eigenvalue weighted by atomic mass is 16.5. The van der Waals surface area contributed by atoms with Crippen molar-refractivity contribution >= 4 is 11.8 Å². The average molecular weight is 250 g/mol. The summed E-state index contributed by atoms with van der Waals surface area (Å²) in [4.78, 5) is 25.9. The Hall–Kier alpha value is -1.20. The van der Waals surface area contributed by atoms with Crippen molar-refractivity contribution in [2.24, 2.45) is 11.8 Å². The quantitative estimate of drug-likeness (QED) is 0.550. The number of hydrogen-bond donors (Lipinski definition) is 1. The lowest BCUT2D eigenvalue weighted by molar-refractivity contribution is -0.142. The molecule has 0 spiro atoms. The summed E-state index contributed by atoms with van der Waals surface area (Å²) in [6.07, 6.45) is 5.37. The van der Waals surface area contributed by atoms with Gasteiger partial charge in [-0.25, -0.2) is 0 Å². The second kappa shape index (κ2) is 4.82. The summed E-state index contributed by atoms with van der Waals surface area (Å²) in [6.45, 7) is 2.60. The molecular weight excluding hydrogens is 232 g/mol. The second-order valence-electron chi connectivity index (χ2n) is 5.14. The first-order valence-electron chi connectivity index (χ1n) is 6.60. The fraction of sp³-hybridized carbons (Fsp3) is 0.692. The monoisotopic (exact) mass is 250 g/mol.